The number of ketones is 1. The lowest BCUT2D eigenvalue weighted by Crippen LogP contribution is -2.44. The molecule has 1 saturated heterocycles. The molecule has 0 unspecified atom stereocenters. The lowest BCUT2D eigenvalue weighted by Gasteiger charge is -2.26. The van der Waals surface area contributed by atoms with Gasteiger partial charge in [0.25, 0.3) is 0 Å². The molecule has 0 amide bonds. The molecule has 0 atom stereocenters. The Morgan fingerprint density at radius 1 is 1.31 bits per heavy atom. The Bertz CT molecular complexity index is 153. The summed E-state index contributed by atoms with van der Waals surface area (Å²) in [6.07, 6.45) is 2.49. The number of nitrogens with zero attached hydrogens (tertiary/aromatic N) is 1. The van der Waals surface area contributed by atoms with Gasteiger partial charge in [0.05, 0.1) is 0 Å². The van der Waals surface area contributed by atoms with Crippen LogP contribution in [0.2, 0.25) is 0 Å². The Hall–Kier alpha value is -0.410. The highest BCUT2D eigenvalue weighted by Crippen LogP contribution is 1.98. The van der Waals surface area contributed by atoms with E-state index < -0.39 is 0 Å². The predicted octanol–water partition coefficient (Wildman–Crippen LogP) is 0.651. The lowest BCUT2D eigenvalue weighted by atomic mass is 10.1. The van der Waals surface area contributed by atoms with Crippen molar-refractivity contribution in [3.63, 3.8) is 0 Å². The summed E-state index contributed by atoms with van der Waals surface area (Å²) < 4.78 is 0. The van der Waals surface area contributed by atoms with Crippen LogP contribution in [-0.4, -0.2) is 43.4 Å². The molecule has 0 spiro atoms. The fourth-order valence-corrected chi connectivity index (χ4v) is 1.62. The fraction of sp³-hybridized carbons (Fsp3) is 0.900. The Labute approximate surface area is 80.5 Å². The van der Waals surface area contributed by atoms with Crippen molar-refractivity contribution >= 4 is 5.78 Å². The second kappa shape index (κ2) is 6.11. The maximum atomic E-state index is 11.2. The minimum Gasteiger partial charge on any atom is -0.314 e. The van der Waals surface area contributed by atoms with Gasteiger partial charge in [0.15, 0.2) is 0 Å². The molecule has 0 saturated carbocycles. The summed E-state index contributed by atoms with van der Waals surface area (Å²) in [7, 11) is 0. The molecule has 0 aromatic heterocycles. The van der Waals surface area contributed by atoms with Crippen LogP contribution in [0.3, 0.4) is 0 Å². The monoisotopic (exact) mass is 184 g/mol. The maximum Gasteiger partial charge on any atom is 0.134 e. The molecule has 0 radical (unpaired) electrons. The normalized spacial score (nSPS) is 18.8. The van der Waals surface area contributed by atoms with E-state index in [2.05, 4.69) is 17.1 Å². The molecule has 1 aliphatic heterocycles. The number of nitrogens with one attached hydrogen (secondary N) is 1. The number of carbonyl (C=O) groups excluding carboxylic acids is 1. The quantitative estimate of drug-likeness (QED) is 0.681. The highest BCUT2D eigenvalue weighted by Gasteiger charge is 2.10. The van der Waals surface area contributed by atoms with Gasteiger partial charge in [-0.2, -0.15) is 0 Å². The van der Waals surface area contributed by atoms with Crippen molar-refractivity contribution in [2.24, 2.45) is 0 Å². The molecule has 1 heterocycles. The topological polar surface area (TPSA) is 32.3 Å². The van der Waals surface area contributed by atoms with E-state index in [9.17, 15) is 4.79 Å². The molecule has 3 nitrogen and oxygen atoms in total. The first kappa shape index (κ1) is 10.7. The summed E-state index contributed by atoms with van der Waals surface area (Å²) in [5.74, 6) is 0.418. The van der Waals surface area contributed by atoms with Crippen LogP contribution in [0.4, 0.5) is 0 Å². The average Bonchev–Trinajstić information content (AvgIpc) is 2.17. The van der Waals surface area contributed by atoms with Gasteiger partial charge >= 0.3 is 0 Å². The molecule has 1 fully saturated rings. The third-order valence-electron chi connectivity index (χ3n) is 2.45. The van der Waals surface area contributed by atoms with E-state index in [4.69, 9.17) is 0 Å². The second-order valence-electron chi connectivity index (χ2n) is 3.63. The SMILES string of the molecule is CCCC(=O)CCN1CCNCC1. The Balaban J connectivity index is 2.06. The summed E-state index contributed by atoms with van der Waals surface area (Å²) in [5.41, 5.74) is 0. The highest BCUT2D eigenvalue weighted by atomic mass is 16.1. The molecule has 0 bridgehead atoms. The van der Waals surface area contributed by atoms with E-state index in [0.29, 0.717) is 5.78 Å². The van der Waals surface area contributed by atoms with Crippen molar-refractivity contribution in [3.8, 4) is 0 Å². The Kier molecular flexibility index (Phi) is 5.01. The van der Waals surface area contributed by atoms with Crippen molar-refractivity contribution in [1.82, 2.24) is 10.2 Å². The lowest BCUT2D eigenvalue weighted by molar-refractivity contribution is -0.119. The number of rotatable bonds is 5. The molecule has 1 N–H and O–H groups in total. The largest absolute Gasteiger partial charge is 0.314 e. The molecule has 0 aromatic carbocycles. The summed E-state index contributed by atoms with van der Waals surface area (Å²) in [4.78, 5) is 13.6. The van der Waals surface area contributed by atoms with Crippen LogP contribution < -0.4 is 5.32 Å². The third-order valence-corrected chi connectivity index (χ3v) is 2.45. The van der Waals surface area contributed by atoms with Crippen LogP contribution in [0.5, 0.6) is 0 Å². The van der Waals surface area contributed by atoms with E-state index in [0.717, 1.165) is 52.0 Å². The first-order chi connectivity index (χ1) is 6.33. The highest BCUT2D eigenvalue weighted by molar-refractivity contribution is 5.78. The van der Waals surface area contributed by atoms with Gasteiger partial charge in [0.2, 0.25) is 0 Å². The molecule has 0 aromatic rings. The van der Waals surface area contributed by atoms with Gasteiger partial charge in [0, 0.05) is 45.6 Å². The molecule has 1 rings (SSSR count). The van der Waals surface area contributed by atoms with Crippen LogP contribution in [-0.2, 0) is 4.79 Å². The fourth-order valence-electron chi connectivity index (χ4n) is 1.62. The smallest absolute Gasteiger partial charge is 0.134 e. The number of hydrogen-bond acceptors (Lipinski definition) is 3. The van der Waals surface area contributed by atoms with Crippen LogP contribution in [0, 0.1) is 0 Å². The second-order valence-corrected chi connectivity index (χ2v) is 3.63. The number of hydrogen-bond donors (Lipinski definition) is 1. The van der Waals surface area contributed by atoms with E-state index >= 15 is 0 Å². The van der Waals surface area contributed by atoms with Crippen molar-refractivity contribution in [2.75, 3.05) is 32.7 Å². The molecule has 3 heteroatoms. The minimum atomic E-state index is 0.418. The van der Waals surface area contributed by atoms with Gasteiger partial charge in [-0.1, -0.05) is 6.92 Å². The van der Waals surface area contributed by atoms with Crippen molar-refractivity contribution < 1.29 is 4.79 Å². The van der Waals surface area contributed by atoms with Gasteiger partial charge in [-0.3, -0.25) is 4.79 Å². The molecule has 1 aliphatic rings. The zero-order valence-electron chi connectivity index (χ0n) is 8.51. The Morgan fingerprint density at radius 3 is 2.62 bits per heavy atom. The molecule has 76 valence electrons. The molecular weight excluding hydrogens is 164 g/mol. The van der Waals surface area contributed by atoms with Crippen LogP contribution >= 0.6 is 0 Å². The van der Waals surface area contributed by atoms with E-state index in [1.165, 1.54) is 0 Å². The molecule has 13 heavy (non-hydrogen) atoms. The van der Waals surface area contributed by atoms with E-state index in [1.54, 1.807) is 0 Å². The zero-order valence-corrected chi connectivity index (χ0v) is 8.51. The van der Waals surface area contributed by atoms with Crippen LogP contribution in [0.15, 0.2) is 0 Å². The van der Waals surface area contributed by atoms with Crippen molar-refractivity contribution in [1.29, 1.82) is 0 Å². The van der Waals surface area contributed by atoms with Gasteiger partial charge in [0.1, 0.15) is 5.78 Å². The summed E-state index contributed by atoms with van der Waals surface area (Å²) in [6, 6.07) is 0. The zero-order chi connectivity index (χ0) is 9.52. The van der Waals surface area contributed by atoms with E-state index in [-0.39, 0.29) is 0 Å². The summed E-state index contributed by atoms with van der Waals surface area (Å²) in [6.45, 7) is 7.35. The maximum absolute atomic E-state index is 11.2. The third kappa shape index (κ3) is 4.39. The van der Waals surface area contributed by atoms with E-state index in [1.807, 2.05) is 0 Å². The number of piperazine rings is 1. The summed E-state index contributed by atoms with van der Waals surface area (Å²) >= 11 is 0. The molecule has 0 aliphatic carbocycles. The van der Waals surface area contributed by atoms with Gasteiger partial charge in [-0.05, 0) is 6.42 Å². The number of carbonyl (C=O) groups is 1. The number of Topliss-reactive ketones (excluding diaryl/α,β-unsaturated/α-hetero) is 1. The van der Waals surface area contributed by atoms with Gasteiger partial charge in [-0.25, -0.2) is 0 Å². The summed E-state index contributed by atoms with van der Waals surface area (Å²) in [5, 5.41) is 3.30. The standard InChI is InChI=1S/C10H20N2O/c1-2-3-10(13)4-7-12-8-5-11-6-9-12/h11H,2-9H2,1H3. The average molecular weight is 184 g/mol. The molecular formula is C10H20N2O. The van der Waals surface area contributed by atoms with Crippen LogP contribution in [0.1, 0.15) is 26.2 Å². The van der Waals surface area contributed by atoms with Crippen molar-refractivity contribution in [2.45, 2.75) is 26.2 Å². The Morgan fingerprint density at radius 2 is 2.00 bits per heavy atom. The predicted molar refractivity (Wildman–Crippen MR) is 53.8 cm³/mol. The minimum absolute atomic E-state index is 0.418. The van der Waals surface area contributed by atoms with Crippen molar-refractivity contribution in [3.05, 3.63) is 0 Å². The van der Waals surface area contributed by atoms with Gasteiger partial charge < -0.3 is 10.2 Å². The van der Waals surface area contributed by atoms with Gasteiger partial charge in [-0.15, -0.1) is 0 Å². The van der Waals surface area contributed by atoms with Crippen LogP contribution in [0.25, 0.3) is 0 Å². The first-order valence-electron chi connectivity index (χ1n) is 5.27. The first-order valence-corrected chi connectivity index (χ1v) is 5.27.